The molecule has 0 atom stereocenters. The number of aromatic nitrogens is 1. The summed E-state index contributed by atoms with van der Waals surface area (Å²) < 4.78 is 1.96. The standard InChI is InChI=1S/C10H9NO/c1-11-6-8(7-12)9-4-2-3-5-10(9)11/h2-7H,1H3/i6+1. The van der Waals surface area contributed by atoms with Crippen LogP contribution in [0.4, 0.5) is 0 Å². The summed E-state index contributed by atoms with van der Waals surface area (Å²) in [5, 5.41) is 1.02. The molecule has 0 N–H and O–H groups in total. The van der Waals surface area contributed by atoms with Crippen LogP contribution in [0.15, 0.2) is 30.5 Å². The predicted molar refractivity (Wildman–Crippen MR) is 48.3 cm³/mol. The quantitative estimate of drug-likeness (QED) is 0.585. The van der Waals surface area contributed by atoms with Gasteiger partial charge in [0.05, 0.1) is 0 Å². The summed E-state index contributed by atoms with van der Waals surface area (Å²) in [4.78, 5) is 10.6. The third-order valence-corrected chi connectivity index (χ3v) is 2.05. The Morgan fingerprint density at radius 1 is 1.33 bits per heavy atom. The highest BCUT2D eigenvalue weighted by Gasteiger charge is 2.02. The Balaban J connectivity index is 2.91. The highest BCUT2D eigenvalue weighted by atomic mass is 16.1. The molecule has 0 spiro atoms. The smallest absolute Gasteiger partial charge is 0.152 e. The van der Waals surface area contributed by atoms with Crippen molar-refractivity contribution in [3.8, 4) is 0 Å². The van der Waals surface area contributed by atoms with Crippen molar-refractivity contribution in [1.82, 2.24) is 4.57 Å². The molecule has 0 amide bonds. The molecule has 12 heavy (non-hydrogen) atoms. The lowest BCUT2D eigenvalue weighted by Crippen LogP contribution is -1.81. The second kappa shape index (κ2) is 2.48. The molecule has 2 rings (SSSR count). The topological polar surface area (TPSA) is 22.0 Å². The summed E-state index contributed by atoms with van der Waals surface area (Å²) in [6.07, 6.45) is 2.74. The molecule has 2 nitrogen and oxygen atoms in total. The normalized spacial score (nSPS) is 10.4. The number of rotatable bonds is 1. The van der Waals surface area contributed by atoms with Crippen LogP contribution in [0.3, 0.4) is 0 Å². The maximum atomic E-state index is 10.6. The lowest BCUT2D eigenvalue weighted by Gasteiger charge is -1.92. The third-order valence-electron chi connectivity index (χ3n) is 2.05. The van der Waals surface area contributed by atoms with Crippen molar-refractivity contribution < 1.29 is 4.79 Å². The van der Waals surface area contributed by atoms with Crippen LogP contribution < -0.4 is 0 Å². The van der Waals surface area contributed by atoms with Gasteiger partial charge in [0.2, 0.25) is 0 Å². The molecular formula is C10H9NO. The minimum absolute atomic E-state index is 0.758. The molecular weight excluding hydrogens is 151 g/mol. The number of aryl methyl sites for hydroxylation is 1. The molecule has 1 aromatic carbocycles. The van der Waals surface area contributed by atoms with E-state index in [0.717, 1.165) is 22.8 Å². The van der Waals surface area contributed by atoms with E-state index in [2.05, 4.69) is 0 Å². The second-order valence-electron chi connectivity index (χ2n) is 2.83. The Morgan fingerprint density at radius 2 is 2.08 bits per heavy atom. The molecule has 0 unspecified atom stereocenters. The molecule has 0 saturated carbocycles. The summed E-state index contributed by atoms with van der Waals surface area (Å²) in [5.41, 5.74) is 1.85. The summed E-state index contributed by atoms with van der Waals surface area (Å²) in [5.74, 6) is 0. The first-order valence-electron chi connectivity index (χ1n) is 3.82. The molecule has 0 aliphatic rings. The number of nitrogens with zero attached hydrogens (tertiary/aromatic N) is 1. The largest absolute Gasteiger partial charge is 0.350 e. The molecule has 0 bridgehead atoms. The van der Waals surface area contributed by atoms with Crippen molar-refractivity contribution in [3.05, 3.63) is 36.0 Å². The van der Waals surface area contributed by atoms with Gasteiger partial charge in [0.25, 0.3) is 0 Å². The molecule has 0 saturated heterocycles. The average molecular weight is 160 g/mol. The van der Waals surface area contributed by atoms with Gasteiger partial charge in [0.1, 0.15) is 0 Å². The monoisotopic (exact) mass is 160 g/mol. The van der Waals surface area contributed by atoms with Gasteiger partial charge >= 0.3 is 0 Å². The number of hydrogen-bond donors (Lipinski definition) is 0. The van der Waals surface area contributed by atoms with E-state index in [-0.39, 0.29) is 0 Å². The molecule has 0 radical (unpaired) electrons. The van der Waals surface area contributed by atoms with Gasteiger partial charge in [-0.15, -0.1) is 0 Å². The van der Waals surface area contributed by atoms with Crippen LogP contribution in [0.2, 0.25) is 0 Å². The fraction of sp³-hybridized carbons (Fsp3) is 0.100. The highest BCUT2D eigenvalue weighted by Crippen LogP contribution is 2.17. The lowest BCUT2D eigenvalue weighted by atomic mass is 10.2. The van der Waals surface area contributed by atoms with E-state index in [1.54, 1.807) is 0 Å². The van der Waals surface area contributed by atoms with Gasteiger partial charge in [0, 0.05) is 29.7 Å². The van der Waals surface area contributed by atoms with E-state index >= 15 is 0 Å². The lowest BCUT2D eigenvalue weighted by molar-refractivity contribution is 0.112. The van der Waals surface area contributed by atoms with Gasteiger partial charge < -0.3 is 4.57 Å². The number of hydrogen-bond acceptors (Lipinski definition) is 1. The molecule has 0 aliphatic carbocycles. The van der Waals surface area contributed by atoms with E-state index in [1.807, 2.05) is 42.1 Å². The number of para-hydroxylation sites is 1. The number of carbonyl (C=O) groups excluding carboxylic acids is 1. The fourth-order valence-corrected chi connectivity index (χ4v) is 1.47. The number of benzene rings is 1. The summed E-state index contributed by atoms with van der Waals surface area (Å²) in [6.45, 7) is 0. The molecule has 0 fully saturated rings. The van der Waals surface area contributed by atoms with Crippen molar-refractivity contribution >= 4 is 17.2 Å². The molecule has 1 heterocycles. The van der Waals surface area contributed by atoms with Crippen molar-refractivity contribution in [1.29, 1.82) is 0 Å². The Kier molecular flexibility index (Phi) is 1.47. The van der Waals surface area contributed by atoms with Crippen LogP contribution in [0.5, 0.6) is 0 Å². The average Bonchev–Trinajstić information content (AvgIpc) is 2.44. The van der Waals surface area contributed by atoms with Crippen LogP contribution in [0.25, 0.3) is 10.9 Å². The van der Waals surface area contributed by atoms with Gasteiger partial charge in [-0.3, -0.25) is 4.79 Å². The summed E-state index contributed by atoms with van der Waals surface area (Å²) in [6, 6.07) is 7.87. The van der Waals surface area contributed by atoms with Gasteiger partial charge in [-0.2, -0.15) is 0 Å². The summed E-state index contributed by atoms with van der Waals surface area (Å²) >= 11 is 0. The first-order chi connectivity index (χ1) is 5.83. The Bertz CT molecular complexity index is 428. The van der Waals surface area contributed by atoms with E-state index in [9.17, 15) is 4.79 Å². The van der Waals surface area contributed by atoms with E-state index in [0.29, 0.717) is 0 Å². The van der Waals surface area contributed by atoms with Crippen molar-refractivity contribution in [2.24, 2.45) is 7.05 Å². The van der Waals surface area contributed by atoms with E-state index in [4.69, 9.17) is 0 Å². The van der Waals surface area contributed by atoms with Crippen LogP contribution in [-0.2, 0) is 7.05 Å². The first-order valence-corrected chi connectivity index (χ1v) is 3.82. The van der Waals surface area contributed by atoms with Crippen molar-refractivity contribution in [2.75, 3.05) is 0 Å². The van der Waals surface area contributed by atoms with Crippen LogP contribution in [-0.4, -0.2) is 10.9 Å². The van der Waals surface area contributed by atoms with Crippen LogP contribution >= 0.6 is 0 Å². The van der Waals surface area contributed by atoms with E-state index in [1.165, 1.54) is 0 Å². The molecule has 0 aliphatic heterocycles. The summed E-state index contributed by atoms with van der Waals surface area (Å²) in [7, 11) is 1.94. The maximum absolute atomic E-state index is 10.6. The minimum Gasteiger partial charge on any atom is -0.350 e. The predicted octanol–water partition coefficient (Wildman–Crippen LogP) is 1.99. The fourth-order valence-electron chi connectivity index (χ4n) is 1.47. The molecule has 60 valence electrons. The zero-order chi connectivity index (χ0) is 8.55. The molecule has 2 heteroatoms. The van der Waals surface area contributed by atoms with Crippen LogP contribution in [0.1, 0.15) is 10.4 Å². The van der Waals surface area contributed by atoms with Gasteiger partial charge in [-0.1, -0.05) is 18.2 Å². The molecule has 1 aromatic heterocycles. The Morgan fingerprint density at radius 3 is 2.83 bits per heavy atom. The second-order valence-corrected chi connectivity index (χ2v) is 2.83. The van der Waals surface area contributed by atoms with E-state index < -0.39 is 0 Å². The van der Waals surface area contributed by atoms with Crippen molar-refractivity contribution in [2.45, 2.75) is 0 Å². The number of aldehydes is 1. The number of fused-ring (bicyclic) bond motifs is 1. The Hall–Kier alpha value is -1.57. The first kappa shape index (κ1) is 7.10. The highest BCUT2D eigenvalue weighted by molar-refractivity contribution is 5.97. The van der Waals surface area contributed by atoms with Gasteiger partial charge in [0.15, 0.2) is 6.29 Å². The van der Waals surface area contributed by atoms with Gasteiger partial charge in [-0.05, 0) is 6.07 Å². The zero-order valence-corrected chi connectivity index (χ0v) is 6.82. The third kappa shape index (κ3) is 0.848. The SMILES string of the molecule is Cn1[13cH]c(C=O)c2ccccc21. The minimum atomic E-state index is 0.758. The van der Waals surface area contributed by atoms with Crippen molar-refractivity contribution in [3.63, 3.8) is 0 Å². The van der Waals surface area contributed by atoms with Gasteiger partial charge in [-0.25, -0.2) is 0 Å². The number of carbonyl (C=O) groups is 1. The Labute approximate surface area is 70.4 Å². The van der Waals surface area contributed by atoms with Crippen LogP contribution in [0, 0.1) is 0 Å². The zero-order valence-electron chi connectivity index (χ0n) is 6.82. The maximum Gasteiger partial charge on any atom is 0.152 e. The molecule has 2 aromatic rings.